The summed E-state index contributed by atoms with van der Waals surface area (Å²) in [5.74, 6) is -0.150. The van der Waals surface area contributed by atoms with Gasteiger partial charge in [0.2, 0.25) is 17.7 Å². The highest BCUT2D eigenvalue weighted by molar-refractivity contribution is 6.02. The first-order valence-corrected chi connectivity index (χ1v) is 12.5. The van der Waals surface area contributed by atoms with E-state index in [1.54, 1.807) is 17.9 Å². The second-order valence-electron chi connectivity index (χ2n) is 10.1. The van der Waals surface area contributed by atoms with Crippen molar-refractivity contribution in [1.29, 1.82) is 0 Å². The Balaban J connectivity index is 1.61. The summed E-state index contributed by atoms with van der Waals surface area (Å²) >= 11 is 0. The SMILES string of the molecule is Cc1ccc(NC(=O)C2(c3ccccc3C(C)C)CN(C(=O)CC3CCNCC3)C2)c(OC(F)F)n1. The molecule has 0 unspecified atom stereocenters. The number of alkyl halides is 2. The van der Waals surface area contributed by atoms with Crippen molar-refractivity contribution in [2.45, 2.75) is 58.0 Å². The van der Waals surface area contributed by atoms with Crippen LogP contribution in [0.3, 0.4) is 0 Å². The van der Waals surface area contributed by atoms with Gasteiger partial charge in [0.05, 0.1) is 0 Å². The number of anilines is 1. The van der Waals surface area contributed by atoms with E-state index in [1.165, 1.54) is 6.07 Å². The summed E-state index contributed by atoms with van der Waals surface area (Å²) in [6, 6.07) is 10.9. The van der Waals surface area contributed by atoms with Crippen LogP contribution >= 0.6 is 0 Å². The Labute approximate surface area is 210 Å². The molecule has 0 aliphatic carbocycles. The van der Waals surface area contributed by atoms with Crippen molar-refractivity contribution in [3.63, 3.8) is 0 Å². The Bertz CT molecular complexity index is 1100. The molecule has 1 aromatic carbocycles. The predicted octanol–water partition coefficient (Wildman–Crippen LogP) is 4.22. The number of nitrogens with one attached hydrogen (secondary N) is 2. The summed E-state index contributed by atoms with van der Waals surface area (Å²) in [5, 5.41) is 6.10. The quantitative estimate of drug-likeness (QED) is 0.567. The monoisotopic (exact) mass is 500 g/mol. The lowest BCUT2D eigenvalue weighted by Gasteiger charge is -2.50. The molecule has 0 radical (unpaired) electrons. The van der Waals surface area contributed by atoms with Crippen LogP contribution in [-0.4, -0.2) is 54.5 Å². The summed E-state index contributed by atoms with van der Waals surface area (Å²) in [7, 11) is 0. The van der Waals surface area contributed by atoms with Gasteiger partial charge in [0, 0.05) is 25.2 Å². The molecule has 0 spiro atoms. The molecule has 7 nitrogen and oxygen atoms in total. The molecule has 2 aliphatic rings. The van der Waals surface area contributed by atoms with Gasteiger partial charge >= 0.3 is 6.61 Å². The molecular weight excluding hydrogens is 466 g/mol. The minimum atomic E-state index is -3.07. The van der Waals surface area contributed by atoms with Crippen LogP contribution in [0.15, 0.2) is 36.4 Å². The molecular formula is C27H34F2N4O3. The normalized spacial score (nSPS) is 17.7. The number of carbonyl (C=O) groups excluding carboxylic acids is 2. The van der Waals surface area contributed by atoms with Crippen LogP contribution in [0.2, 0.25) is 0 Å². The fourth-order valence-corrected chi connectivity index (χ4v) is 5.16. The minimum Gasteiger partial charge on any atom is -0.415 e. The molecule has 4 rings (SSSR count). The number of amides is 2. The van der Waals surface area contributed by atoms with Gasteiger partial charge in [-0.05, 0) is 68.0 Å². The van der Waals surface area contributed by atoms with Crippen molar-refractivity contribution in [3.05, 3.63) is 53.2 Å². The maximum absolute atomic E-state index is 13.8. The summed E-state index contributed by atoms with van der Waals surface area (Å²) in [5.41, 5.74) is 1.43. The van der Waals surface area contributed by atoms with Crippen molar-refractivity contribution in [2.24, 2.45) is 5.92 Å². The molecule has 36 heavy (non-hydrogen) atoms. The molecule has 2 fully saturated rings. The average molecular weight is 501 g/mol. The van der Waals surface area contributed by atoms with E-state index < -0.39 is 12.0 Å². The zero-order chi connectivity index (χ0) is 25.9. The molecule has 0 bridgehead atoms. The first kappa shape index (κ1) is 26.0. The van der Waals surface area contributed by atoms with Crippen molar-refractivity contribution in [3.8, 4) is 5.88 Å². The zero-order valence-electron chi connectivity index (χ0n) is 21.0. The molecule has 2 aromatic rings. The van der Waals surface area contributed by atoms with Crippen LogP contribution in [0.4, 0.5) is 14.5 Å². The number of carbonyl (C=O) groups is 2. The van der Waals surface area contributed by atoms with Gasteiger partial charge in [-0.3, -0.25) is 9.59 Å². The third-order valence-electron chi connectivity index (χ3n) is 7.18. The largest absolute Gasteiger partial charge is 0.415 e. The Hall–Kier alpha value is -3.07. The van der Waals surface area contributed by atoms with Gasteiger partial charge in [-0.25, -0.2) is 4.98 Å². The van der Waals surface area contributed by atoms with Crippen molar-refractivity contribution < 1.29 is 23.1 Å². The maximum atomic E-state index is 13.8. The van der Waals surface area contributed by atoms with Crippen molar-refractivity contribution in [2.75, 3.05) is 31.5 Å². The van der Waals surface area contributed by atoms with E-state index >= 15 is 0 Å². The number of piperidine rings is 1. The molecule has 2 amide bonds. The van der Waals surface area contributed by atoms with Gasteiger partial charge in [-0.15, -0.1) is 0 Å². The first-order valence-electron chi connectivity index (χ1n) is 12.5. The van der Waals surface area contributed by atoms with E-state index in [1.807, 2.05) is 24.3 Å². The number of aromatic nitrogens is 1. The Morgan fingerprint density at radius 1 is 1.17 bits per heavy atom. The third-order valence-corrected chi connectivity index (χ3v) is 7.18. The average Bonchev–Trinajstić information content (AvgIpc) is 2.80. The second kappa shape index (κ2) is 10.9. The van der Waals surface area contributed by atoms with E-state index in [4.69, 9.17) is 0 Å². The molecule has 3 heterocycles. The molecule has 194 valence electrons. The number of aryl methyl sites for hydroxylation is 1. The minimum absolute atomic E-state index is 0.0473. The molecule has 2 aliphatic heterocycles. The Kier molecular flexibility index (Phi) is 7.88. The van der Waals surface area contributed by atoms with Gasteiger partial charge in [-0.1, -0.05) is 38.1 Å². The molecule has 0 saturated carbocycles. The fraction of sp³-hybridized carbons (Fsp3) is 0.519. The summed E-state index contributed by atoms with van der Waals surface area (Å²) in [4.78, 5) is 32.7. The highest BCUT2D eigenvalue weighted by Crippen LogP contribution is 2.41. The maximum Gasteiger partial charge on any atom is 0.388 e. The fourth-order valence-electron chi connectivity index (χ4n) is 5.16. The Morgan fingerprint density at radius 3 is 2.53 bits per heavy atom. The summed E-state index contributed by atoms with van der Waals surface area (Å²) in [6.07, 6.45) is 2.41. The summed E-state index contributed by atoms with van der Waals surface area (Å²) < 4.78 is 30.6. The lowest BCUT2D eigenvalue weighted by Crippen LogP contribution is -2.66. The first-order chi connectivity index (χ1) is 17.2. The molecule has 9 heteroatoms. The lowest BCUT2D eigenvalue weighted by atomic mass is 9.69. The van der Waals surface area contributed by atoms with Gasteiger partial charge in [0.15, 0.2) is 0 Å². The summed E-state index contributed by atoms with van der Waals surface area (Å²) in [6.45, 7) is 5.00. The highest BCUT2D eigenvalue weighted by atomic mass is 19.3. The number of halogens is 2. The predicted molar refractivity (Wildman–Crippen MR) is 133 cm³/mol. The molecule has 2 N–H and O–H groups in total. The van der Waals surface area contributed by atoms with Crippen LogP contribution in [0.25, 0.3) is 0 Å². The number of rotatable bonds is 8. The van der Waals surface area contributed by atoms with E-state index in [0.29, 0.717) is 18.0 Å². The number of pyridine rings is 1. The van der Waals surface area contributed by atoms with Gasteiger partial charge in [-0.2, -0.15) is 8.78 Å². The molecule has 0 atom stereocenters. The smallest absolute Gasteiger partial charge is 0.388 e. The van der Waals surface area contributed by atoms with E-state index in [2.05, 4.69) is 34.2 Å². The number of likely N-dealkylation sites (tertiary alicyclic amines) is 1. The number of ether oxygens (including phenoxy) is 1. The van der Waals surface area contributed by atoms with Crippen LogP contribution in [0, 0.1) is 12.8 Å². The lowest BCUT2D eigenvalue weighted by molar-refractivity contribution is -0.145. The van der Waals surface area contributed by atoms with Gasteiger partial charge in [0.25, 0.3) is 0 Å². The third kappa shape index (κ3) is 5.51. The number of hydrogen-bond donors (Lipinski definition) is 2. The Morgan fingerprint density at radius 2 is 1.86 bits per heavy atom. The van der Waals surface area contributed by atoms with Gasteiger partial charge in [0.1, 0.15) is 11.1 Å². The van der Waals surface area contributed by atoms with Crippen LogP contribution in [-0.2, 0) is 15.0 Å². The van der Waals surface area contributed by atoms with Crippen molar-refractivity contribution in [1.82, 2.24) is 15.2 Å². The van der Waals surface area contributed by atoms with Crippen LogP contribution < -0.4 is 15.4 Å². The van der Waals surface area contributed by atoms with Gasteiger partial charge < -0.3 is 20.3 Å². The topological polar surface area (TPSA) is 83.6 Å². The van der Waals surface area contributed by atoms with E-state index in [0.717, 1.165) is 37.1 Å². The number of benzene rings is 1. The molecule has 1 aromatic heterocycles. The van der Waals surface area contributed by atoms with E-state index in [-0.39, 0.29) is 42.4 Å². The van der Waals surface area contributed by atoms with E-state index in [9.17, 15) is 18.4 Å². The number of nitrogens with zero attached hydrogens (tertiary/aromatic N) is 2. The highest BCUT2D eigenvalue weighted by Gasteiger charge is 2.53. The zero-order valence-corrected chi connectivity index (χ0v) is 21.0. The standard InChI is InChI=1S/C27H34F2N4O3/c1-17(2)20-6-4-5-7-21(20)27(15-33(16-27)23(34)14-19-10-12-30-13-11-19)25(35)32-22-9-8-18(3)31-24(22)36-26(28)29/h4-9,17,19,26,30H,10-16H2,1-3H3,(H,32,35). The van der Waals surface area contributed by atoms with Crippen LogP contribution in [0.1, 0.15) is 55.8 Å². The van der Waals surface area contributed by atoms with Crippen LogP contribution in [0.5, 0.6) is 5.88 Å². The van der Waals surface area contributed by atoms with Crippen molar-refractivity contribution >= 4 is 17.5 Å². The number of hydrogen-bond acceptors (Lipinski definition) is 5. The second-order valence-corrected chi connectivity index (χ2v) is 10.1. The molecule has 2 saturated heterocycles.